The molecule has 6 nitrogen and oxygen atoms in total. The molecule has 1 aromatic heterocycles. The van der Waals surface area contributed by atoms with E-state index in [1.54, 1.807) is 0 Å². The number of piperidine rings is 1. The Balaban J connectivity index is 1.39. The van der Waals surface area contributed by atoms with Gasteiger partial charge in [-0.1, -0.05) is 44.0 Å². The maximum atomic E-state index is 5.61. The summed E-state index contributed by atoms with van der Waals surface area (Å²) in [4.78, 5) is 14.6. The second-order valence-corrected chi connectivity index (χ2v) is 10.0. The molecule has 0 radical (unpaired) electrons. The normalized spacial score (nSPS) is 21.3. The van der Waals surface area contributed by atoms with Gasteiger partial charge in [0.25, 0.3) is 0 Å². The molecule has 0 amide bonds. The molecule has 1 atom stereocenters. The third kappa shape index (κ3) is 4.98. The van der Waals surface area contributed by atoms with Crippen LogP contribution in [0.1, 0.15) is 56.6 Å². The standard InChI is InChI=1S/C25H34N6S/c1-18-7-6-13-30(16-18)22-15-23(31-14-12-19-8-2-3-9-20(19)17-31)28-24(27-22)29-25(32)26-21-10-4-5-11-21/h2-3,8-9,15,18,21H,4-7,10-14,16-17H2,1H3,(H2,26,27,28,29,32)/t18-/m1/s1. The highest BCUT2D eigenvalue weighted by Gasteiger charge is 2.23. The molecule has 3 aliphatic rings. The average Bonchev–Trinajstić information content (AvgIpc) is 3.31. The van der Waals surface area contributed by atoms with E-state index >= 15 is 0 Å². The maximum Gasteiger partial charge on any atom is 0.232 e. The van der Waals surface area contributed by atoms with Crippen molar-refractivity contribution in [3.8, 4) is 0 Å². The Morgan fingerprint density at radius 2 is 1.72 bits per heavy atom. The number of rotatable bonds is 4. The molecular formula is C25H34N6S. The molecule has 0 spiro atoms. The minimum Gasteiger partial charge on any atom is -0.360 e. The van der Waals surface area contributed by atoms with Crippen molar-refractivity contribution in [2.45, 2.75) is 64.5 Å². The average molecular weight is 451 g/mol. The second-order valence-electron chi connectivity index (χ2n) is 9.62. The van der Waals surface area contributed by atoms with Gasteiger partial charge in [-0.2, -0.15) is 9.97 Å². The van der Waals surface area contributed by atoms with E-state index in [2.05, 4.69) is 57.7 Å². The van der Waals surface area contributed by atoms with E-state index in [-0.39, 0.29) is 0 Å². The number of nitrogens with one attached hydrogen (secondary N) is 2. The van der Waals surface area contributed by atoms with Crippen molar-refractivity contribution >= 4 is 34.9 Å². The number of hydrogen-bond acceptors (Lipinski definition) is 5. The number of nitrogens with zero attached hydrogens (tertiary/aromatic N) is 4. The van der Waals surface area contributed by atoms with Crippen molar-refractivity contribution in [2.24, 2.45) is 5.92 Å². The first-order chi connectivity index (χ1) is 15.6. The molecule has 1 aromatic carbocycles. The minimum absolute atomic E-state index is 0.471. The Labute approximate surface area is 196 Å². The highest BCUT2D eigenvalue weighted by molar-refractivity contribution is 7.80. The van der Waals surface area contributed by atoms with Crippen LogP contribution in [0.25, 0.3) is 0 Å². The van der Waals surface area contributed by atoms with E-state index in [1.807, 2.05) is 0 Å². The predicted molar refractivity (Wildman–Crippen MR) is 135 cm³/mol. The summed E-state index contributed by atoms with van der Waals surface area (Å²) >= 11 is 5.61. The topological polar surface area (TPSA) is 56.3 Å². The molecule has 5 rings (SSSR count). The molecule has 32 heavy (non-hydrogen) atoms. The molecule has 1 saturated heterocycles. The fourth-order valence-electron chi connectivity index (χ4n) is 5.28. The molecule has 1 aliphatic carbocycles. The van der Waals surface area contributed by atoms with Gasteiger partial charge in [-0.3, -0.25) is 0 Å². The van der Waals surface area contributed by atoms with Crippen molar-refractivity contribution in [3.05, 3.63) is 41.5 Å². The molecular weight excluding hydrogens is 416 g/mol. The lowest BCUT2D eigenvalue weighted by Crippen LogP contribution is -2.38. The Kier molecular flexibility index (Phi) is 6.44. The number of aromatic nitrogens is 2. The number of hydrogen-bond donors (Lipinski definition) is 2. The number of anilines is 3. The molecule has 2 aliphatic heterocycles. The van der Waals surface area contributed by atoms with E-state index in [0.717, 1.165) is 44.2 Å². The summed E-state index contributed by atoms with van der Waals surface area (Å²) in [6.45, 7) is 6.27. The van der Waals surface area contributed by atoms with Crippen molar-refractivity contribution in [1.29, 1.82) is 0 Å². The lowest BCUT2D eigenvalue weighted by atomic mass is 10.00. The summed E-state index contributed by atoms with van der Waals surface area (Å²) in [6, 6.07) is 11.4. The van der Waals surface area contributed by atoms with Gasteiger partial charge >= 0.3 is 0 Å². The first-order valence-electron chi connectivity index (χ1n) is 12.2. The van der Waals surface area contributed by atoms with Crippen LogP contribution in [0.2, 0.25) is 0 Å². The Bertz CT molecular complexity index is 957. The molecule has 2 N–H and O–H groups in total. The van der Waals surface area contributed by atoms with Crippen molar-refractivity contribution < 1.29 is 0 Å². The van der Waals surface area contributed by atoms with Crippen LogP contribution >= 0.6 is 12.2 Å². The van der Waals surface area contributed by atoms with Gasteiger partial charge in [0.1, 0.15) is 11.6 Å². The van der Waals surface area contributed by atoms with Crippen LogP contribution in [0, 0.1) is 5.92 Å². The van der Waals surface area contributed by atoms with Gasteiger partial charge < -0.3 is 20.4 Å². The van der Waals surface area contributed by atoms with Gasteiger partial charge in [0.05, 0.1) is 0 Å². The van der Waals surface area contributed by atoms with Crippen LogP contribution < -0.4 is 20.4 Å². The molecule has 170 valence electrons. The van der Waals surface area contributed by atoms with Crippen LogP contribution in [0.4, 0.5) is 17.6 Å². The number of benzene rings is 1. The van der Waals surface area contributed by atoms with Gasteiger partial charge in [0.2, 0.25) is 5.95 Å². The van der Waals surface area contributed by atoms with Crippen LogP contribution in [0.5, 0.6) is 0 Å². The SMILES string of the molecule is C[C@@H]1CCCN(c2cc(N3CCc4ccccc4C3)nc(NC(=S)NC3CCCC3)n2)C1. The predicted octanol–water partition coefficient (Wildman–Crippen LogP) is 4.50. The zero-order valence-electron chi connectivity index (χ0n) is 19.0. The fourth-order valence-corrected chi connectivity index (χ4v) is 5.54. The summed E-state index contributed by atoms with van der Waals surface area (Å²) in [7, 11) is 0. The summed E-state index contributed by atoms with van der Waals surface area (Å²) in [5.74, 6) is 3.27. The molecule has 3 heterocycles. The summed E-state index contributed by atoms with van der Waals surface area (Å²) in [6.07, 6.45) is 8.47. The second kappa shape index (κ2) is 9.61. The monoisotopic (exact) mass is 450 g/mol. The Morgan fingerprint density at radius 3 is 2.50 bits per heavy atom. The van der Waals surface area contributed by atoms with E-state index < -0.39 is 0 Å². The molecule has 0 bridgehead atoms. The van der Waals surface area contributed by atoms with E-state index in [0.29, 0.717) is 23.0 Å². The van der Waals surface area contributed by atoms with Crippen LogP contribution in [0.15, 0.2) is 30.3 Å². The molecule has 1 saturated carbocycles. The van der Waals surface area contributed by atoms with E-state index in [1.165, 1.54) is 49.7 Å². The van der Waals surface area contributed by atoms with Crippen LogP contribution in [-0.4, -0.2) is 40.8 Å². The zero-order valence-corrected chi connectivity index (χ0v) is 19.8. The quantitative estimate of drug-likeness (QED) is 0.665. The van der Waals surface area contributed by atoms with Crippen molar-refractivity contribution in [1.82, 2.24) is 15.3 Å². The summed E-state index contributed by atoms with van der Waals surface area (Å²) < 4.78 is 0. The first kappa shape index (κ1) is 21.4. The minimum atomic E-state index is 0.471. The van der Waals surface area contributed by atoms with Gasteiger partial charge in [-0.05, 0) is 61.4 Å². The van der Waals surface area contributed by atoms with Crippen LogP contribution in [0.3, 0.4) is 0 Å². The number of fused-ring (bicyclic) bond motifs is 1. The molecule has 2 aromatic rings. The zero-order chi connectivity index (χ0) is 21.9. The third-order valence-corrected chi connectivity index (χ3v) is 7.27. The van der Waals surface area contributed by atoms with Crippen molar-refractivity contribution in [3.63, 3.8) is 0 Å². The highest BCUT2D eigenvalue weighted by Crippen LogP contribution is 2.29. The lowest BCUT2D eigenvalue weighted by molar-refractivity contribution is 0.444. The fraction of sp³-hybridized carbons (Fsp3) is 0.560. The Hall–Kier alpha value is -2.41. The van der Waals surface area contributed by atoms with E-state index in [4.69, 9.17) is 22.2 Å². The van der Waals surface area contributed by atoms with Gasteiger partial charge in [0.15, 0.2) is 5.11 Å². The highest BCUT2D eigenvalue weighted by atomic mass is 32.1. The number of thiocarbonyl (C=S) groups is 1. The van der Waals surface area contributed by atoms with Crippen LogP contribution in [-0.2, 0) is 13.0 Å². The third-order valence-electron chi connectivity index (χ3n) is 7.05. The lowest BCUT2D eigenvalue weighted by Gasteiger charge is -2.34. The summed E-state index contributed by atoms with van der Waals surface area (Å²) in [5, 5.41) is 7.40. The van der Waals surface area contributed by atoms with Gasteiger partial charge in [-0.15, -0.1) is 0 Å². The molecule has 0 unspecified atom stereocenters. The smallest absolute Gasteiger partial charge is 0.232 e. The van der Waals surface area contributed by atoms with E-state index in [9.17, 15) is 0 Å². The molecule has 2 fully saturated rings. The van der Waals surface area contributed by atoms with Gasteiger partial charge in [-0.25, -0.2) is 0 Å². The first-order valence-corrected chi connectivity index (χ1v) is 12.6. The van der Waals surface area contributed by atoms with Gasteiger partial charge in [0, 0.05) is 38.3 Å². The van der Waals surface area contributed by atoms with Crippen molar-refractivity contribution in [2.75, 3.05) is 34.8 Å². The summed E-state index contributed by atoms with van der Waals surface area (Å²) in [5.41, 5.74) is 2.83. The largest absolute Gasteiger partial charge is 0.360 e. The Morgan fingerprint density at radius 1 is 0.969 bits per heavy atom. The molecule has 7 heteroatoms. The maximum absolute atomic E-state index is 5.61.